The zero-order valence-corrected chi connectivity index (χ0v) is 9.94. The molecule has 19 heavy (non-hydrogen) atoms. The van der Waals surface area contributed by atoms with Crippen molar-refractivity contribution in [3.8, 4) is 0 Å². The van der Waals surface area contributed by atoms with E-state index in [1.54, 1.807) is 0 Å². The Kier molecular flexibility index (Phi) is 4.71. The van der Waals surface area contributed by atoms with Gasteiger partial charge in [-0.15, -0.1) is 0 Å². The molecule has 2 aliphatic heterocycles. The first-order valence-corrected chi connectivity index (χ1v) is 5.89. The van der Waals surface area contributed by atoms with E-state index in [2.05, 4.69) is 0 Å². The van der Waals surface area contributed by atoms with Gasteiger partial charge >= 0.3 is 0 Å². The second-order valence-corrected chi connectivity index (χ2v) is 4.63. The Morgan fingerprint density at radius 1 is 0.737 bits per heavy atom. The van der Waals surface area contributed by atoms with Crippen molar-refractivity contribution in [2.75, 3.05) is 13.2 Å². The second kappa shape index (κ2) is 5.95. The van der Waals surface area contributed by atoms with E-state index in [1.807, 2.05) is 0 Å². The number of aliphatic hydroxyl groups is 6. The Morgan fingerprint density at radius 2 is 1.32 bits per heavy atom. The van der Waals surface area contributed by atoms with E-state index in [-0.39, 0.29) is 13.2 Å². The molecule has 0 amide bonds. The highest BCUT2D eigenvalue weighted by atomic mass is 16.7. The van der Waals surface area contributed by atoms with Gasteiger partial charge in [0, 0.05) is 0 Å². The smallest absolute Gasteiger partial charge is 0.186 e. The van der Waals surface area contributed by atoms with Gasteiger partial charge in [0.1, 0.15) is 36.6 Å². The van der Waals surface area contributed by atoms with Crippen molar-refractivity contribution >= 4 is 0 Å². The van der Waals surface area contributed by atoms with Crippen molar-refractivity contribution in [3.05, 3.63) is 0 Å². The summed E-state index contributed by atoms with van der Waals surface area (Å²) in [7, 11) is 0. The predicted octanol–water partition coefficient (Wildman–Crippen LogP) is -4.12. The normalized spacial score (nSPS) is 52.1. The molecule has 9 nitrogen and oxygen atoms in total. The molecule has 0 radical (unpaired) electrons. The third-order valence-corrected chi connectivity index (χ3v) is 3.20. The minimum atomic E-state index is -1.55. The van der Waals surface area contributed by atoms with Crippen LogP contribution in [0.4, 0.5) is 0 Å². The molecule has 0 aromatic heterocycles. The first kappa shape index (κ1) is 15.0. The third kappa shape index (κ3) is 3.05. The van der Waals surface area contributed by atoms with Crippen LogP contribution in [-0.4, -0.2) is 93.1 Å². The molecular formula is C10H18O9. The quantitative estimate of drug-likeness (QED) is 0.297. The maximum absolute atomic E-state index is 9.68. The molecule has 2 saturated heterocycles. The van der Waals surface area contributed by atoms with Crippen LogP contribution < -0.4 is 0 Å². The van der Waals surface area contributed by atoms with Crippen LogP contribution >= 0.6 is 0 Å². The van der Waals surface area contributed by atoms with Crippen molar-refractivity contribution < 1.29 is 44.8 Å². The fourth-order valence-corrected chi connectivity index (χ4v) is 1.98. The lowest BCUT2D eigenvalue weighted by molar-refractivity contribution is -0.336. The number of hydrogen-bond acceptors (Lipinski definition) is 9. The standard InChI is InChI=1S/C10H18O9/c11-3-2-18-10(7(15)5(3)13)19-8-6(14)4(12)1-17-9(8)16/h3-16H,1-2H2/t3-,4+,5+,6+,7-,8-,9?,10+/m1/s1. The van der Waals surface area contributed by atoms with Gasteiger partial charge in [-0.2, -0.15) is 0 Å². The molecule has 0 aromatic rings. The van der Waals surface area contributed by atoms with Gasteiger partial charge in [0.15, 0.2) is 12.6 Å². The van der Waals surface area contributed by atoms with Crippen LogP contribution in [0.25, 0.3) is 0 Å². The zero-order valence-electron chi connectivity index (χ0n) is 9.94. The molecule has 6 N–H and O–H groups in total. The Balaban J connectivity index is 1.99. The summed E-state index contributed by atoms with van der Waals surface area (Å²) in [6.07, 6.45) is -11.2. The number of ether oxygens (including phenoxy) is 3. The van der Waals surface area contributed by atoms with Gasteiger partial charge < -0.3 is 44.8 Å². The van der Waals surface area contributed by atoms with Crippen LogP contribution in [-0.2, 0) is 14.2 Å². The fraction of sp³-hybridized carbons (Fsp3) is 1.00. The van der Waals surface area contributed by atoms with Crippen molar-refractivity contribution in [2.24, 2.45) is 0 Å². The number of aliphatic hydroxyl groups excluding tert-OH is 6. The molecule has 0 saturated carbocycles. The lowest BCUT2D eigenvalue weighted by Crippen LogP contribution is -2.60. The highest BCUT2D eigenvalue weighted by Gasteiger charge is 2.45. The molecule has 2 rings (SSSR count). The molecule has 0 aromatic carbocycles. The molecule has 2 fully saturated rings. The highest BCUT2D eigenvalue weighted by molar-refractivity contribution is 4.87. The highest BCUT2D eigenvalue weighted by Crippen LogP contribution is 2.23. The average Bonchev–Trinajstić information content (AvgIpc) is 2.39. The van der Waals surface area contributed by atoms with Crippen LogP contribution in [0.1, 0.15) is 0 Å². The summed E-state index contributed by atoms with van der Waals surface area (Å²) < 4.78 is 14.9. The maximum Gasteiger partial charge on any atom is 0.186 e. The van der Waals surface area contributed by atoms with Crippen LogP contribution in [0.15, 0.2) is 0 Å². The van der Waals surface area contributed by atoms with Crippen LogP contribution in [0, 0.1) is 0 Å². The lowest BCUT2D eigenvalue weighted by Gasteiger charge is -2.41. The molecule has 1 unspecified atom stereocenters. The van der Waals surface area contributed by atoms with Gasteiger partial charge in [-0.25, -0.2) is 0 Å². The van der Waals surface area contributed by atoms with Crippen molar-refractivity contribution in [1.29, 1.82) is 0 Å². The second-order valence-electron chi connectivity index (χ2n) is 4.63. The molecule has 0 bridgehead atoms. The molecule has 9 heteroatoms. The van der Waals surface area contributed by atoms with Crippen molar-refractivity contribution in [3.63, 3.8) is 0 Å². The molecule has 0 aliphatic carbocycles. The van der Waals surface area contributed by atoms with E-state index in [9.17, 15) is 30.6 Å². The fourth-order valence-electron chi connectivity index (χ4n) is 1.98. The molecule has 112 valence electrons. The molecule has 0 spiro atoms. The Hall–Kier alpha value is -0.360. The Bertz CT molecular complexity index is 301. The largest absolute Gasteiger partial charge is 0.388 e. The predicted molar refractivity (Wildman–Crippen MR) is 56.6 cm³/mol. The molecule has 2 aliphatic rings. The van der Waals surface area contributed by atoms with Crippen molar-refractivity contribution in [1.82, 2.24) is 0 Å². The summed E-state index contributed by atoms with van der Waals surface area (Å²) in [5.41, 5.74) is 0. The van der Waals surface area contributed by atoms with E-state index in [0.29, 0.717) is 0 Å². The Morgan fingerprint density at radius 3 is 2.00 bits per heavy atom. The first-order valence-electron chi connectivity index (χ1n) is 5.89. The minimum Gasteiger partial charge on any atom is -0.388 e. The van der Waals surface area contributed by atoms with Gasteiger partial charge in [-0.1, -0.05) is 0 Å². The van der Waals surface area contributed by atoms with E-state index >= 15 is 0 Å². The molecular weight excluding hydrogens is 264 g/mol. The van der Waals surface area contributed by atoms with E-state index in [0.717, 1.165) is 0 Å². The molecule has 2 heterocycles. The Labute approximate surface area is 108 Å². The van der Waals surface area contributed by atoms with E-state index < -0.39 is 49.2 Å². The monoisotopic (exact) mass is 282 g/mol. The average molecular weight is 282 g/mol. The van der Waals surface area contributed by atoms with Crippen LogP contribution in [0.2, 0.25) is 0 Å². The third-order valence-electron chi connectivity index (χ3n) is 3.20. The summed E-state index contributed by atoms with van der Waals surface area (Å²) in [4.78, 5) is 0. The lowest BCUT2D eigenvalue weighted by atomic mass is 10.0. The molecule has 8 atom stereocenters. The van der Waals surface area contributed by atoms with Gasteiger partial charge in [-0.05, 0) is 0 Å². The van der Waals surface area contributed by atoms with E-state index in [4.69, 9.17) is 14.2 Å². The van der Waals surface area contributed by atoms with Crippen LogP contribution in [0.5, 0.6) is 0 Å². The number of rotatable bonds is 2. The SMILES string of the molecule is OC1OC[C@H](O)[C@H](O)[C@H]1O[C@@H]1OC[C@@H](O)[C@H](O)[C@H]1O. The van der Waals surface area contributed by atoms with E-state index in [1.165, 1.54) is 0 Å². The summed E-state index contributed by atoms with van der Waals surface area (Å²) in [5, 5.41) is 57.0. The summed E-state index contributed by atoms with van der Waals surface area (Å²) in [6.45, 7) is -0.525. The first-order chi connectivity index (χ1) is 8.91. The number of hydrogen-bond donors (Lipinski definition) is 6. The zero-order chi connectivity index (χ0) is 14.2. The summed E-state index contributed by atoms with van der Waals surface area (Å²) in [5.74, 6) is 0. The van der Waals surface area contributed by atoms with Crippen LogP contribution in [0.3, 0.4) is 0 Å². The van der Waals surface area contributed by atoms with Gasteiger partial charge in [0.2, 0.25) is 0 Å². The summed E-state index contributed by atoms with van der Waals surface area (Å²) in [6, 6.07) is 0. The summed E-state index contributed by atoms with van der Waals surface area (Å²) >= 11 is 0. The van der Waals surface area contributed by atoms with Crippen molar-refractivity contribution in [2.45, 2.75) is 49.2 Å². The maximum atomic E-state index is 9.68. The van der Waals surface area contributed by atoms with Gasteiger partial charge in [0.25, 0.3) is 0 Å². The topological polar surface area (TPSA) is 149 Å². The van der Waals surface area contributed by atoms with Gasteiger partial charge in [-0.3, -0.25) is 0 Å². The van der Waals surface area contributed by atoms with Gasteiger partial charge in [0.05, 0.1) is 13.2 Å². The minimum absolute atomic E-state index is 0.252.